The number of amides is 2. The number of nitrogens with zero attached hydrogens (tertiary/aromatic N) is 2. The molecule has 2 aromatic rings. The molecular formula is C22H23N3O5. The Balaban J connectivity index is 2.00. The molecule has 1 aromatic heterocycles. The third kappa shape index (κ3) is 5.90. The van der Waals surface area contributed by atoms with Crippen molar-refractivity contribution < 1.29 is 23.9 Å². The van der Waals surface area contributed by atoms with Crippen LogP contribution in [0.5, 0.6) is 0 Å². The summed E-state index contributed by atoms with van der Waals surface area (Å²) in [6.45, 7) is 4.28. The van der Waals surface area contributed by atoms with Crippen LogP contribution in [0.3, 0.4) is 0 Å². The SMILES string of the molecule is COCCn1c(C)cc(/C=C(\C#N)C(=O)OCC(=O)NC(=O)c2ccccc2)c1C. The van der Waals surface area contributed by atoms with Gasteiger partial charge in [0.25, 0.3) is 11.8 Å². The molecule has 0 spiro atoms. The maximum Gasteiger partial charge on any atom is 0.349 e. The zero-order valence-electron chi connectivity index (χ0n) is 17.1. The average molecular weight is 409 g/mol. The van der Waals surface area contributed by atoms with Gasteiger partial charge >= 0.3 is 5.97 Å². The fourth-order valence-electron chi connectivity index (χ4n) is 2.83. The normalized spacial score (nSPS) is 10.9. The zero-order valence-corrected chi connectivity index (χ0v) is 17.1. The van der Waals surface area contributed by atoms with Gasteiger partial charge in [0.15, 0.2) is 6.61 Å². The number of nitriles is 1. The van der Waals surface area contributed by atoms with Gasteiger partial charge in [-0.2, -0.15) is 5.26 Å². The molecule has 0 aliphatic heterocycles. The average Bonchev–Trinajstić information content (AvgIpc) is 3.01. The number of hydrogen-bond donors (Lipinski definition) is 1. The highest BCUT2D eigenvalue weighted by Gasteiger charge is 2.17. The summed E-state index contributed by atoms with van der Waals surface area (Å²) < 4.78 is 12.0. The summed E-state index contributed by atoms with van der Waals surface area (Å²) in [5, 5.41) is 11.4. The Morgan fingerprint density at radius 2 is 1.90 bits per heavy atom. The molecule has 30 heavy (non-hydrogen) atoms. The van der Waals surface area contributed by atoms with Crippen molar-refractivity contribution in [2.45, 2.75) is 20.4 Å². The third-order valence-electron chi connectivity index (χ3n) is 4.40. The molecule has 1 aromatic carbocycles. The Bertz CT molecular complexity index is 1000. The molecule has 0 aliphatic carbocycles. The molecule has 2 amide bonds. The summed E-state index contributed by atoms with van der Waals surface area (Å²) >= 11 is 0. The van der Waals surface area contributed by atoms with Gasteiger partial charge in [0.1, 0.15) is 11.6 Å². The molecule has 0 unspecified atom stereocenters. The molecule has 0 aliphatic rings. The van der Waals surface area contributed by atoms with E-state index in [-0.39, 0.29) is 5.57 Å². The second-order valence-corrected chi connectivity index (χ2v) is 6.46. The first kappa shape index (κ1) is 22.6. The van der Waals surface area contributed by atoms with Crippen molar-refractivity contribution in [1.82, 2.24) is 9.88 Å². The van der Waals surface area contributed by atoms with Crippen molar-refractivity contribution in [2.75, 3.05) is 20.3 Å². The highest BCUT2D eigenvalue weighted by atomic mass is 16.5. The fraction of sp³-hybridized carbons (Fsp3) is 0.273. The predicted octanol–water partition coefficient (Wildman–Crippen LogP) is 2.16. The fourth-order valence-corrected chi connectivity index (χ4v) is 2.83. The van der Waals surface area contributed by atoms with Gasteiger partial charge in [-0.1, -0.05) is 18.2 Å². The highest BCUT2D eigenvalue weighted by Crippen LogP contribution is 2.18. The van der Waals surface area contributed by atoms with Crippen LogP contribution >= 0.6 is 0 Å². The first-order valence-corrected chi connectivity index (χ1v) is 9.21. The molecule has 0 atom stereocenters. The van der Waals surface area contributed by atoms with Crippen LogP contribution < -0.4 is 5.32 Å². The van der Waals surface area contributed by atoms with Gasteiger partial charge in [-0.05, 0) is 43.7 Å². The van der Waals surface area contributed by atoms with E-state index in [4.69, 9.17) is 9.47 Å². The smallest absolute Gasteiger partial charge is 0.349 e. The summed E-state index contributed by atoms with van der Waals surface area (Å²) in [7, 11) is 1.61. The van der Waals surface area contributed by atoms with Crippen LogP contribution in [0.1, 0.15) is 27.3 Å². The van der Waals surface area contributed by atoms with Gasteiger partial charge in [0.05, 0.1) is 6.61 Å². The monoisotopic (exact) mass is 409 g/mol. The van der Waals surface area contributed by atoms with Crippen molar-refractivity contribution in [2.24, 2.45) is 0 Å². The lowest BCUT2D eigenvalue weighted by molar-refractivity contribution is -0.144. The highest BCUT2D eigenvalue weighted by molar-refractivity contribution is 6.06. The third-order valence-corrected chi connectivity index (χ3v) is 4.40. The number of ether oxygens (including phenoxy) is 2. The van der Waals surface area contributed by atoms with Crippen molar-refractivity contribution in [3.63, 3.8) is 0 Å². The second-order valence-electron chi connectivity index (χ2n) is 6.46. The Labute approximate surface area is 174 Å². The number of hydrogen-bond acceptors (Lipinski definition) is 6. The number of benzene rings is 1. The number of esters is 1. The maximum atomic E-state index is 12.2. The molecule has 0 saturated heterocycles. The van der Waals surface area contributed by atoms with Gasteiger partial charge in [-0.15, -0.1) is 0 Å². The quantitative estimate of drug-likeness (QED) is 0.406. The van der Waals surface area contributed by atoms with Crippen molar-refractivity contribution in [3.8, 4) is 6.07 Å². The van der Waals surface area contributed by atoms with Gasteiger partial charge in [-0.3, -0.25) is 14.9 Å². The van der Waals surface area contributed by atoms with E-state index in [0.717, 1.165) is 11.4 Å². The Morgan fingerprint density at radius 1 is 1.20 bits per heavy atom. The molecule has 2 rings (SSSR count). The molecule has 0 saturated carbocycles. The maximum absolute atomic E-state index is 12.2. The lowest BCUT2D eigenvalue weighted by Gasteiger charge is -2.08. The molecule has 1 heterocycles. The van der Waals surface area contributed by atoms with Crippen molar-refractivity contribution in [3.05, 3.63) is 64.5 Å². The minimum Gasteiger partial charge on any atom is -0.451 e. The van der Waals surface area contributed by atoms with Crippen molar-refractivity contribution in [1.29, 1.82) is 5.26 Å². The van der Waals surface area contributed by atoms with E-state index < -0.39 is 24.4 Å². The predicted molar refractivity (Wildman–Crippen MR) is 109 cm³/mol. The van der Waals surface area contributed by atoms with E-state index in [1.807, 2.05) is 24.5 Å². The van der Waals surface area contributed by atoms with Crippen LogP contribution in [0.15, 0.2) is 42.0 Å². The Hall–Kier alpha value is -3.70. The Kier molecular flexibility index (Phi) is 8.08. The molecule has 1 N–H and O–H groups in total. The van der Waals surface area contributed by atoms with Gasteiger partial charge in [0, 0.05) is 30.6 Å². The molecular weight excluding hydrogens is 386 g/mol. The van der Waals surface area contributed by atoms with Crippen LogP contribution in [-0.4, -0.2) is 42.7 Å². The number of aromatic nitrogens is 1. The van der Waals surface area contributed by atoms with Gasteiger partial charge in [-0.25, -0.2) is 4.79 Å². The topological polar surface area (TPSA) is 110 Å². The van der Waals surface area contributed by atoms with Crippen LogP contribution in [0, 0.1) is 25.2 Å². The molecule has 0 bridgehead atoms. The summed E-state index contributed by atoms with van der Waals surface area (Å²) in [5.74, 6) is -2.33. The lowest BCUT2D eigenvalue weighted by Crippen LogP contribution is -2.34. The first-order valence-electron chi connectivity index (χ1n) is 9.21. The standard InChI is InChI=1S/C22H23N3O5/c1-15-11-18(16(2)25(15)9-10-29-3)12-19(13-23)22(28)30-14-20(26)24-21(27)17-7-5-4-6-8-17/h4-8,11-12H,9-10,14H2,1-3H3,(H,24,26,27)/b19-12+. The molecule has 156 valence electrons. The largest absolute Gasteiger partial charge is 0.451 e. The number of rotatable bonds is 8. The van der Waals surface area contributed by atoms with Crippen LogP contribution in [-0.2, 0) is 25.6 Å². The van der Waals surface area contributed by atoms with Crippen LogP contribution in [0.4, 0.5) is 0 Å². The van der Waals surface area contributed by atoms with Crippen LogP contribution in [0.2, 0.25) is 0 Å². The van der Waals surface area contributed by atoms with E-state index >= 15 is 0 Å². The van der Waals surface area contributed by atoms with Gasteiger partial charge in [0.2, 0.25) is 0 Å². The van der Waals surface area contributed by atoms with E-state index in [1.165, 1.54) is 6.08 Å². The van der Waals surface area contributed by atoms with E-state index in [0.29, 0.717) is 24.3 Å². The molecule has 0 fully saturated rings. The minimum absolute atomic E-state index is 0.246. The minimum atomic E-state index is -0.943. The summed E-state index contributed by atoms with van der Waals surface area (Å²) in [6.07, 6.45) is 1.42. The zero-order chi connectivity index (χ0) is 22.1. The number of carbonyl (C=O) groups excluding carboxylic acids is 3. The summed E-state index contributed by atoms with van der Waals surface area (Å²) in [4.78, 5) is 36.0. The number of methoxy groups -OCH3 is 1. The number of imide groups is 1. The Morgan fingerprint density at radius 3 is 2.53 bits per heavy atom. The molecule has 0 radical (unpaired) electrons. The number of aryl methyl sites for hydroxylation is 1. The molecule has 8 heteroatoms. The van der Waals surface area contributed by atoms with E-state index in [2.05, 4.69) is 5.32 Å². The summed E-state index contributed by atoms with van der Waals surface area (Å²) in [6, 6.07) is 11.8. The number of nitrogens with one attached hydrogen (secondary N) is 1. The number of carbonyl (C=O) groups is 3. The second kappa shape index (κ2) is 10.7. The van der Waals surface area contributed by atoms with Crippen molar-refractivity contribution >= 4 is 23.9 Å². The summed E-state index contributed by atoms with van der Waals surface area (Å²) in [5.41, 5.74) is 2.58. The van der Waals surface area contributed by atoms with E-state index in [1.54, 1.807) is 43.5 Å². The lowest BCUT2D eigenvalue weighted by atomic mass is 10.1. The first-order chi connectivity index (χ1) is 14.4. The molecule has 8 nitrogen and oxygen atoms in total. The van der Waals surface area contributed by atoms with E-state index in [9.17, 15) is 19.6 Å². The van der Waals surface area contributed by atoms with Crippen LogP contribution in [0.25, 0.3) is 6.08 Å². The van der Waals surface area contributed by atoms with Gasteiger partial charge < -0.3 is 14.0 Å².